The highest BCUT2D eigenvalue weighted by molar-refractivity contribution is 5.75. The van der Waals surface area contributed by atoms with Crippen molar-refractivity contribution in [2.75, 3.05) is 5.32 Å². The molecule has 2 rings (SSSR count). The molecule has 0 aliphatic heterocycles. The molecule has 0 aliphatic carbocycles. The second-order valence-corrected chi connectivity index (χ2v) is 4.17. The van der Waals surface area contributed by atoms with E-state index in [4.69, 9.17) is 5.26 Å². The van der Waals surface area contributed by atoms with Crippen LogP contribution in [0.1, 0.15) is 16.7 Å². The molecule has 0 saturated carbocycles. The molecular formula is C16H14N2. The van der Waals surface area contributed by atoms with E-state index < -0.39 is 0 Å². The number of nitrogens with zero attached hydrogens (tertiary/aromatic N) is 1. The number of hydrogen-bond acceptors (Lipinski definition) is 2. The highest BCUT2D eigenvalue weighted by Crippen LogP contribution is 2.18. The van der Waals surface area contributed by atoms with E-state index in [-0.39, 0.29) is 0 Å². The molecule has 0 fully saturated rings. The van der Waals surface area contributed by atoms with Crippen LogP contribution >= 0.6 is 0 Å². The molecule has 2 heteroatoms. The summed E-state index contributed by atoms with van der Waals surface area (Å²) in [6.45, 7) is 6.07. The number of aryl methyl sites for hydroxylation is 1. The minimum absolute atomic E-state index is 0.636. The molecule has 88 valence electrons. The summed E-state index contributed by atoms with van der Waals surface area (Å²) >= 11 is 0. The van der Waals surface area contributed by atoms with Gasteiger partial charge in [0.15, 0.2) is 0 Å². The Kier molecular flexibility index (Phi) is 3.45. The van der Waals surface area contributed by atoms with Crippen LogP contribution in [0.4, 0.5) is 5.69 Å². The van der Waals surface area contributed by atoms with Gasteiger partial charge >= 0.3 is 0 Å². The number of rotatable bonds is 3. The molecule has 2 aromatic rings. The maximum Gasteiger partial charge on any atom is 0.0992 e. The fraction of sp³-hybridized carbons (Fsp3) is 0.0625. The quantitative estimate of drug-likeness (QED) is 0.872. The van der Waals surface area contributed by atoms with Crippen LogP contribution in [-0.4, -0.2) is 0 Å². The summed E-state index contributed by atoms with van der Waals surface area (Å²) in [6.07, 6.45) is 0. The van der Waals surface area contributed by atoms with Crippen molar-refractivity contribution < 1.29 is 0 Å². The Labute approximate surface area is 107 Å². The first-order valence-electron chi connectivity index (χ1n) is 5.72. The highest BCUT2D eigenvalue weighted by Gasteiger charge is 2.00. The molecule has 2 nitrogen and oxygen atoms in total. The second kappa shape index (κ2) is 5.20. The van der Waals surface area contributed by atoms with Gasteiger partial charge in [-0.25, -0.2) is 0 Å². The second-order valence-electron chi connectivity index (χ2n) is 4.17. The van der Waals surface area contributed by atoms with Crippen LogP contribution in [0.15, 0.2) is 55.1 Å². The smallest absolute Gasteiger partial charge is 0.0992 e. The number of hydrogen-bond donors (Lipinski definition) is 1. The number of nitriles is 1. The zero-order valence-electron chi connectivity index (χ0n) is 10.3. The third kappa shape index (κ3) is 2.78. The van der Waals surface area contributed by atoms with Gasteiger partial charge in [0.1, 0.15) is 0 Å². The molecule has 1 N–H and O–H groups in total. The number of nitrogens with one attached hydrogen (secondary N) is 1. The average Bonchev–Trinajstić information content (AvgIpc) is 2.39. The Bertz CT molecular complexity index is 621. The van der Waals surface area contributed by atoms with E-state index in [0.29, 0.717) is 5.56 Å². The van der Waals surface area contributed by atoms with Gasteiger partial charge in [0.25, 0.3) is 0 Å². The largest absolute Gasteiger partial charge is 0.355 e. The van der Waals surface area contributed by atoms with Gasteiger partial charge in [0, 0.05) is 11.4 Å². The van der Waals surface area contributed by atoms with Crippen molar-refractivity contribution in [1.82, 2.24) is 0 Å². The molecule has 0 saturated heterocycles. The number of benzene rings is 2. The van der Waals surface area contributed by atoms with E-state index >= 15 is 0 Å². The van der Waals surface area contributed by atoms with Gasteiger partial charge in [-0.2, -0.15) is 5.26 Å². The van der Waals surface area contributed by atoms with Crippen molar-refractivity contribution >= 4 is 11.4 Å². The first kappa shape index (κ1) is 11.9. The summed E-state index contributed by atoms with van der Waals surface area (Å²) in [7, 11) is 0. The molecular weight excluding hydrogens is 220 g/mol. The van der Waals surface area contributed by atoms with Gasteiger partial charge in [-0.15, -0.1) is 0 Å². The predicted octanol–water partition coefficient (Wildman–Crippen LogP) is 3.95. The molecule has 2 aromatic carbocycles. The lowest BCUT2D eigenvalue weighted by atomic mass is 10.1. The fourth-order valence-corrected chi connectivity index (χ4v) is 1.75. The minimum Gasteiger partial charge on any atom is -0.355 e. The summed E-state index contributed by atoms with van der Waals surface area (Å²) in [5, 5.41) is 12.1. The SMILES string of the molecule is C=C(Nc1cccc(C#N)c1)c1cccc(C)c1. The number of anilines is 1. The summed E-state index contributed by atoms with van der Waals surface area (Å²) in [4.78, 5) is 0. The van der Waals surface area contributed by atoms with Crippen molar-refractivity contribution in [1.29, 1.82) is 5.26 Å². The molecule has 0 aliphatic rings. The van der Waals surface area contributed by atoms with Crippen molar-refractivity contribution in [2.24, 2.45) is 0 Å². The van der Waals surface area contributed by atoms with Crippen LogP contribution in [0.5, 0.6) is 0 Å². The van der Waals surface area contributed by atoms with Crippen LogP contribution < -0.4 is 5.32 Å². The van der Waals surface area contributed by atoms with Gasteiger partial charge in [-0.3, -0.25) is 0 Å². The Morgan fingerprint density at radius 3 is 2.67 bits per heavy atom. The Balaban J connectivity index is 2.19. The lowest BCUT2D eigenvalue weighted by molar-refractivity contribution is 1.43. The van der Waals surface area contributed by atoms with Crippen molar-refractivity contribution in [2.45, 2.75) is 6.92 Å². The zero-order chi connectivity index (χ0) is 13.0. The van der Waals surface area contributed by atoms with Gasteiger partial charge < -0.3 is 5.32 Å². The average molecular weight is 234 g/mol. The molecule has 0 unspecified atom stereocenters. The third-order valence-electron chi connectivity index (χ3n) is 2.65. The topological polar surface area (TPSA) is 35.8 Å². The fourth-order valence-electron chi connectivity index (χ4n) is 1.75. The highest BCUT2D eigenvalue weighted by atomic mass is 14.9. The van der Waals surface area contributed by atoms with Crippen LogP contribution in [0.3, 0.4) is 0 Å². The van der Waals surface area contributed by atoms with E-state index in [1.807, 2.05) is 37.3 Å². The molecule has 0 heterocycles. The molecule has 0 atom stereocenters. The van der Waals surface area contributed by atoms with Crippen molar-refractivity contribution in [3.05, 3.63) is 71.8 Å². The van der Waals surface area contributed by atoms with Crippen molar-refractivity contribution in [3.63, 3.8) is 0 Å². The van der Waals surface area contributed by atoms with E-state index in [0.717, 1.165) is 16.9 Å². The van der Waals surface area contributed by atoms with E-state index in [1.165, 1.54) is 5.56 Å². The summed E-state index contributed by atoms with van der Waals surface area (Å²) in [5.74, 6) is 0. The van der Waals surface area contributed by atoms with Gasteiger partial charge in [0.05, 0.1) is 11.6 Å². The molecule has 0 bridgehead atoms. The lowest BCUT2D eigenvalue weighted by Crippen LogP contribution is -1.97. The minimum atomic E-state index is 0.636. The van der Waals surface area contributed by atoms with E-state index in [2.05, 4.69) is 24.0 Å². The zero-order valence-corrected chi connectivity index (χ0v) is 10.3. The van der Waals surface area contributed by atoms with Gasteiger partial charge in [-0.1, -0.05) is 36.4 Å². The van der Waals surface area contributed by atoms with Crippen LogP contribution in [0.2, 0.25) is 0 Å². The Morgan fingerprint density at radius 1 is 1.17 bits per heavy atom. The normalized spacial score (nSPS) is 9.56. The standard InChI is InChI=1S/C16H14N2/c1-12-5-3-7-15(9-12)13(2)18-16-8-4-6-14(10-16)11-17/h3-10,18H,2H2,1H3. The predicted molar refractivity (Wildman–Crippen MR) is 75.0 cm³/mol. The van der Waals surface area contributed by atoms with Gasteiger partial charge in [0.2, 0.25) is 0 Å². The first-order valence-corrected chi connectivity index (χ1v) is 5.72. The summed E-state index contributed by atoms with van der Waals surface area (Å²) in [6, 6.07) is 17.6. The Hall–Kier alpha value is -2.53. The maximum atomic E-state index is 8.85. The van der Waals surface area contributed by atoms with E-state index in [1.54, 1.807) is 12.1 Å². The molecule has 0 spiro atoms. The molecule has 0 aromatic heterocycles. The molecule has 18 heavy (non-hydrogen) atoms. The van der Waals surface area contributed by atoms with Crippen LogP contribution in [0, 0.1) is 18.3 Å². The molecule has 0 radical (unpaired) electrons. The van der Waals surface area contributed by atoms with E-state index in [9.17, 15) is 0 Å². The lowest BCUT2D eigenvalue weighted by Gasteiger charge is -2.10. The third-order valence-corrected chi connectivity index (χ3v) is 2.65. The van der Waals surface area contributed by atoms with Crippen molar-refractivity contribution in [3.8, 4) is 6.07 Å². The van der Waals surface area contributed by atoms with Crippen LogP contribution in [0.25, 0.3) is 5.70 Å². The monoisotopic (exact) mass is 234 g/mol. The summed E-state index contributed by atoms with van der Waals surface area (Å²) < 4.78 is 0. The molecule has 0 amide bonds. The van der Waals surface area contributed by atoms with Crippen LogP contribution in [-0.2, 0) is 0 Å². The first-order chi connectivity index (χ1) is 8.69. The maximum absolute atomic E-state index is 8.85. The Morgan fingerprint density at radius 2 is 1.94 bits per heavy atom. The van der Waals surface area contributed by atoms with Gasteiger partial charge in [-0.05, 0) is 36.8 Å². The summed E-state index contributed by atoms with van der Waals surface area (Å²) in [5.41, 5.74) is 4.59.